The van der Waals surface area contributed by atoms with Crippen LogP contribution in [0.2, 0.25) is 0 Å². The zero-order valence-corrected chi connectivity index (χ0v) is 11.5. The lowest BCUT2D eigenvalue weighted by atomic mass is 9.94. The highest BCUT2D eigenvalue weighted by molar-refractivity contribution is 14.1. The fourth-order valence-electron chi connectivity index (χ4n) is 1.40. The first kappa shape index (κ1) is 13.4. The molecule has 1 atom stereocenters. The summed E-state index contributed by atoms with van der Waals surface area (Å²) in [6.45, 7) is 3.67. The third kappa shape index (κ3) is 3.15. The van der Waals surface area contributed by atoms with Crippen LogP contribution < -0.4 is 0 Å². The first-order chi connectivity index (χ1) is 7.57. The highest BCUT2D eigenvalue weighted by Crippen LogP contribution is 2.25. The van der Waals surface area contributed by atoms with Gasteiger partial charge in [-0.25, -0.2) is 0 Å². The van der Waals surface area contributed by atoms with Gasteiger partial charge in [-0.1, -0.05) is 66.8 Å². The Labute approximate surface area is 110 Å². The number of aliphatic hydroxyl groups is 1. The first-order valence-electron chi connectivity index (χ1n) is 5.15. The predicted octanol–water partition coefficient (Wildman–Crippen LogP) is 3.26. The standard InChI is InChI=1S/C13H15IO2/c1-9(2)12(15)11(8-14)13(16)10-6-4-3-5-7-10/h3-9,13,16H,1-2H3/b11-8+. The molecule has 3 heteroatoms. The molecule has 0 aliphatic rings. The van der Waals surface area contributed by atoms with Crippen molar-refractivity contribution in [3.8, 4) is 0 Å². The van der Waals surface area contributed by atoms with Gasteiger partial charge in [0.15, 0.2) is 5.78 Å². The highest BCUT2D eigenvalue weighted by Gasteiger charge is 2.21. The Kier molecular flexibility index (Phi) is 5.15. The second-order valence-corrected chi connectivity index (χ2v) is 4.52. The van der Waals surface area contributed by atoms with Gasteiger partial charge in [0.1, 0.15) is 6.10 Å². The van der Waals surface area contributed by atoms with E-state index in [2.05, 4.69) is 0 Å². The van der Waals surface area contributed by atoms with Crippen LogP contribution in [0.1, 0.15) is 25.5 Å². The summed E-state index contributed by atoms with van der Waals surface area (Å²) in [5.74, 6) is -0.106. The maximum atomic E-state index is 11.9. The van der Waals surface area contributed by atoms with Gasteiger partial charge in [-0.15, -0.1) is 0 Å². The summed E-state index contributed by atoms with van der Waals surface area (Å²) in [5, 5.41) is 10.1. The maximum absolute atomic E-state index is 11.9. The van der Waals surface area contributed by atoms with E-state index in [9.17, 15) is 9.90 Å². The van der Waals surface area contributed by atoms with Gasteiger partial charge in [0, 0.05) is 11.5 Å². The monoisotopic (exact) mass is 330 g/mol. The van der Waals surface area contributed by atoms with Crippen LogP contribution in [0.25, 0.3) is 0 Å². The van der Waals surface area contributed by atoms with E-state index in [-0.39, 0.29) is 11.7 Å². The molecule has 1 N–H and O–H groups in total. The van der Waals surface area contributed by atoms with E-state index in [1.807, 2.05) is 66.8 Å². The lowest BCUT2D eigenvalue weighted by molar-refractivity contribution is -0.119. The van der Waals surface area contributed by atoms with E-state index in [1.165, 1.54) is 0 Å². The zero-order chi connectivity index (χ0) is 12.1. The normalized spacial score (nSPS) is 13.9. The van der Waals surface area contributed by atoms with Gasteiger partial charge in [-0.2, -0.15) is 0 Å². The number of ketones is 1. The van der Waals surface area contributed by atoms with Crippen LogP contribution >= 0.6 is 22.6 Å². The average molecular weight is 330 g/mol. The van der Waals surface area contributed by atoms with Gasteiger partial charge in [0.05, 0.1) is 0 Å². The Bertz CT molecular complexity index is 382. The molecule has 16 heavy (non-hydrogen) atoms. The summed E-state index contributed by atoms with van der Waals surface area (Å²) < 4.78 is 1.66. The third-order valence-corrected chi connectivity index (χ3v) is 3.01. The molecule has 0 aliphatic heterocycles. The smallest absolute Gasteiger partial charge is 0.164 e. The Morgan fingerprint density at radius 1 is 1.31 bits per heavy atom. The number of carbonyl (C=O) groups excluding carboxylic acids is 1. The van der Waals surface area contributed by atoms with Crippen molar-refractivity contribution >= 4 is 28.4 Å². The minimum atomic E-state index is -0.826. The molecule has 1 aromatic carbocycles. The first-order valence-corrected chi connectivity index (χ1v) is 6.40. The number of Topliss-reactive ketones (excluding diaryl/α,β-unsaturated/α-hetero) is 1. The molecule has 1 aromatic rings. The summed E-state index contributed by atoms with van der Waals surface area (Å²) in [6.07, 6.45) is -0.826. The van der Waals surface area contributed by atoms with Gasteiger partial charge in [-0.3, -0.25) is 4.79 Å². The van der Waals surface area contributed by atoms with Crippen molar-refractivity contribution in [1.82, 2.24) is 0 Å². The van der Waals surface area contributed by atoms with Crippen LogP contribution in [-0.2, 0) is 4.79 Å². The number of rotatable bonds is 4. The third-order valence-electron chi connectivity index (χ3n) is 2.34. The number of carbonyl (C=O) groups is 1. The molecule has 0 spiro atoms. The van der Waals surface area contributed by atoms with Crippen LogP contribution in [0.3, 0.4) is 0 Å². The van der Waals surface area contributed by atoms with E-state index in [4.69, 9.17) is 0 Å². The van der Waals surface area contributed by atoms with E-state index in [1.54, 1.807) is 4.08 Å². The minimum absolute atomic E-state index is 0.00856. The summed E-state index contributed by atoms with van der Waals surface area (Å²) in [7, 11) is 0. The fraction of sp³-hybridized carbons (Fsp3) is 0.308. The molecule has 1 rings (SSSR count). The van der Waals surface area contributed by atoms with Gasteiger partial charge in [-0.05, 0) is 9.65 Å². The van der Waals surface area contributed by atoms with Crippen molar-refractivity contribution in [2.45, 2.75) is 20.0 Å². The van der Waals surface area contributed by atoms with Crippen molar-refractivity contribution in [3.63, 3.8) is 0 Å². The predicted molar refractivity (Wildman–Crippen MR) is 73.3 cm³/mol. The largest absolute Gasteiger partial charge is 0.384 e. The zero-order valence-electron chi connectivity index (χ0n) is 9.35. The Morgan fingerprint density at radius 3 is 2.31 bits per heavy atom. The lowest BCUT2D eigenvalue weighted by Crippen LogP contribution is -2.16. The SMILES string of the molecule is CC(C)C(=O)/C(=C\I)C(O)c1ccccc1. The topological polar surface area (TPSA) is 37.3 Å². The summed E-state index contributed by atoms with van der Waals surface area (Å²) in [4.78, 5) is 11.9. The average Bonchev–Trinajstić information content (AvgIpc) is 2.30. The number of benzene rings is 1. The fourth-order valence-corrected chi connectivity index (χ4v) is 2.04. The van der Waals surface area contributed by atoms with E-state index >= 15 is 0 Å². The van der Waals surface area contributed by atoms with Crippen molar-refractivity contribution < 1.29 is 9.90 Å². The summed E-state index contributed by atoms with van der Waals surface area (Å²) in [5.41, 5.74) is 1.21. The van der Waals surface area contributed by atoms with E-state index in [0.29, 0.717) is 5.57 Å². The van der Waals surface area contributed by atoms with Gasteiger partial charge < -0.3 is 5.11 Å². The molecule has 0 aliphatic carbocycles. The molecule has 0 saturated heterocycles. The minimum Gasteiger partial charge on any atom is -0.384 e. The van der Waals surface area contributed by atoms with Crippen molar-refractivity contribution in [2.24, 2.45) is 5.92 Å². The summed E-state index contributed by atoms with van der Waals surface area (Å²) in [6, 6.07) is 9.22. The van der Waals surface area contributed by atoms with Gasteiger partial charge in [0.2, 0.25) is 0 Å². The van der Waals surface area contributed by atoms with Gasteiger partial charge in [0.25, 0.3) is 0 Å². The molecule has 86 valence electrons. The summed E-state index contributed by atoms with van der Waals surface area (Å²) >= 11 is 2.00. The van der Waals surface area contributed by atoms with Crippen LogP contribution in [0.15, 0.2) is 40.0 Å². The molecule has 2 nitrogen and oxygen atoms in total. The molecular weight excluding hydrogens is 315 g/mol. The number of hydrogen-bond donors (Lipinski definition) is 1. The second-order valence-electron chi connectivity index (χ2n) is 3.90. The Hall–Kier alpha value is -0.680. The van der Waals surface area contributed by atoms with E-state index < -0.39 is 6.10 Å². The molecule has 0 amide bonds. The molecule has 0 saturated carbocycles. The quantitative estimate of drug-likeness (QED) is 0.680. The maximum Gasteiger partial charge on any atom is 0.164 e. The molecule has 0 aromatic heterocycles. The van der Waals surface area contributed by atoms with Crippen molar-refractivity contribution in [2.75, 3.05) is 0 Å². The van der Waals surface area contributed by atoms with Crippen LogP contribution in [-0.4, -0.2) is 10.9 Å². The Morgan fingerprint density at radius 2 is 1.88 bits per heavy atom. The molecular formula is C13H15IO2. The highest BCUT2D eigenvalue weighted by atomic mass is 127. The van der Waals surface area contributed by atoms with Crippen LogP contribution in [0.4, 0.5) is 0 Å². The molecule has 1 unspecified atom stereocenters. The van der Waals surface area contributed by atoms with Crippen LogP contribution in [0, 0.1) is 5.92 Å². The number of halogens is 1. The van der Waals surface area contributed by atoms with Gasteiger partial charge >= 0.3 is 0 Å². The Balaban J connectivity index is 2.96. The molecule has 0 fully saturated rings. The second kappa shape index (κ2) is 6.15. The number of aliphatic hydroxyl groups excluding tert-OH is 1. The van der Waals surface area contributed by atoms with Crippen LogP contribution in [0.5, 0.6) is 0 Å². The lowest BCUT2D eigenvalue weighted by Gasteiger charge is -2.15. The molecule has 0 bridgehead atoms. The van der Waals surface area contributed by atoms with E-state index in [0.717, 1.165) is 5.56 Å². The van der Waals surface area contributed by atoms with Crippen molar-refractivity contribution in [3.05, 3.63) is 45.6 Å². The van der Waals surface area contributed by atoms with Crippen molar-refractivity contribution in [1.29, 1.82) is 0 Å². The molecule has 0 heterocycles. The number of hydrogen-bond acceptors (Lipinski definition) is 2. The molecule has 0 radical (unpaired) electrons.